The molecule has 2 aliphatic carbocycles. The van der Waals surface area contributed by atoms with Gasteiger partial charge in [0.1, 0.15) is 9.79 Å². The number of benzene rings is 1. The molecular weight excluding hydrogens is 469 g/mol. The van der Waals surface area contributed by atoms with Gasteiger partial charge >= 0.3 is 5.97 Å². The van der Waals surface area contributed by atoms with Gasteiger partial charge in [0.2, 0.25) is 26.0 Å². The van der Waals surface area contributed by atoms with Crippen LogP contribution in [0.15, 0.2) is 28.0 Å². The second-order valence-corrected chi connectivity index (χ2v) is 10.6. The van der Waals surface area contributed by atoms with Gasteiger partial charge in [-0.2, -0.15) is 0 Å². The van der Waals surface area contributed by atoms with Crippen molar-refractivity contribution in [3.05, 3.63) is 28.3 Å². The van der Waals surface area contributed by atoms with Crippen molar-refractivity contribution in [1.82, 2.24) is 0 Å². The molecule has 1 saturated carbocycles. The molecule has 29 heavy (non-hydrogen) atoms. The number of nitrogens with one attached hydrogen (secondary N) is 1. The summed E-state index contributed by atoms with van der Waals surface area (Å²) in [5.74, 6) is -4.63. The van der Waals surface area contributed by atoms with Gasteiger partial charge in [0.15, 0.2) is 0 Å². The average molecular weight is 484 g/mol. The summed E-state index contributed by atoms with van der Waals surface area (Å²) >= 11 is 11.9. The lowest BCUT2D eigenvalue weighted by Crippen LogP contribution is -2.37. The predicted molar refractivity (Wildman–Crippen MR) is 103 cm³/mol. The number of allylic oxidation sites excluding steroid dienone is 2. The number of carboxylic acids is 1. The van der Waals surface area contributed by atoms with Crippen molar-refractivity contribution in [2.75, 3.05) is 5.32 Å². The van der Waals surface area contributed by atoms with E-state index in [4.69, 9.17) is 33.5 Å². The molecule has 0 aromatic heterocycles. The van der Waals surface area contributed by atoms with Crippen molar-refractivity contribution in [1.29, 1.82) is 0 Å². The maximum Gasteiger partial charge on any atom is 0.307 e. The van der Waals surface area contributed by atoms with Gasteiger partial charge in [-0.3, -0.25) is 9.59 Å². The van der Waals surface area contributed by atoms with Crippen molar-refractivity contribution in [3.8, 4) is 0 Å². The number of primary sulfonamides is 2. The number of fused-ring (bicyclic) bond motifs is 2. The Bertz CT molecular complexity index is 1160. The number of carboxylic acid groups (broad SMARTS) is 1. The van der Waals surface area contributed by atoms with Crippen LogP contribution in [-0.2, 0) is 29.6 Å². The molecule has 1 aromatic carbocycles. The number of halogens is 2. The Balaban J connectivity index is 2.10. The third-order valence-electron chi connectivity index (χ3n) is 5.05. The Morgan fingerprint density at radius 1 is 0.966 bits per heavy atom. The van der Waals surface area contributed by atoms with E-state index in [-0.39, 0.29) is 11.8 Å². The monoisotopic (exact) mass is 483 g/mol. The number of nitrogens with two attached hydrogens (primary N) is 2. The van der Waals surface area contributed by atoms with E-state index in [1.165, 1.54) is 0 Å². The number of carbonyl (C=O) groups is 2. The van der Waals surface area contributed by atoms with Crippen molar-refractivity contribution < 1.29 is 31.5 Å². The van der Waals surface area contributed by atoms with Gasteiger partial charge in [0, 0.05) is 0 Å². The van der Waals surface area contributed by atoms with E-state index in [1.54, 1.807) is 12.2 Å². The number of carbonyl (C=O) groups excluding carboxylic acids is 1. The van der Waals surface area contributed by atoms with E-state index in [2.05, 4.69) is 5.32 Å². The molecule has 3 rings (SSSR count). The number of hydrogen-bond acceptors (Lipinski definition) is 6. The third-order valence-corrected chi connectivity index (χ3v) is 7.89. The zero-order valence-electron chi connectivity index (χ0n) is 14.4. The summed E-state index contributed by atoms with van der Waals surface area (Å²) in [6.45, 7) is 0. The molecular formula is C15H15Cl2N3O7S2. The smallest absolute Gasteiger partial charge is 0.307 e. The quantitative estimate of drug-likeness (QED) is 0.444. The van der Waals surface area contributed by atoms with Crippen molar-refractivity contribution in [2.24, 2.45) is 33.9 Å². The highest BCUT2D eigenvalue weighted by Gasteiger charge is 2.51. The minimum absolute atomic E-state index is 0.324. The summed E-state index contributed by atoms with van der Waals surface area (Å²) in [5.41, 5.74) is -0.549. The highest BCUT2D eigenvalue weighted by Crippen LogP contribution is 2.49. The SMILES string of the molecule is NS(=O)(=O)c1cc(S(N)(=O)=O)c(NC(=O)[C@H]2[C@@H](C(=O)O)[C@H]3C=C[C@@H]2C3)c(Cl)c1Cl. The Morgan fingerprint density at radius 2 is 1.48 bits per heavy atom. The molecule has 1 fully saturated rings. The van der Waals surface area contributed by atoms with E-state index in [1.807, 2.05) is 0 Å². The minimum atomic E-state index is -4.57. The molecule has 0 spiro atoms. The molecule has 14 heteroatoms. The lowest BCUT2D eigenvalue weighted by atomic mass is 9.82. The van der Waals surface area contributed by atoms with Crippen molar-refractivity contribution in [3.63, 3.8) is 0 Å². The summed E-state index contributed by atoms with van der Waals surface area (Å²) < 4.78 is 47.3. The Hall–Kier alpha value is -1.70. The van der Waals surface area contributed by atoms with Crippen LogP contribution in [0.25, 0.3) is 0 Å². The summed E-state index contributed by atoms with van der Waals surface area (Å²) in [6.07, 6.45) is 3.93. The van der Waals surface area contributed by atoms with Crippen LogP contribution in [0, 0.1) is 23.7 Å². The first-order chi connectivity index (χ1) is 13.2. The standard InChI is InChI=1S/C15H15Cl2N3O7S2/c16-11-7(28(18,24)25)4-8(29(19,26)27)13(12(11)17)20-14(21)9-5-1-2-6(3-5)10(9)15(22)23/h1-2,4-6,9-10H,3H2,(H,20,21)(H,22,23)(H2,18,24,25)(H2,19,26,27)/t5-,6+,9-,10+/m1/s1. The Labute approximate surface area is 175 Å². The van der Waals surface area contributed by atoms with Crippen molar-refractivity contribution in [2.45, 2.75) is 16.2 Å². The number of rotatable bonds is 5. The molecule has 1 aromatic rings. The van der Waals surface area contributed by atoms with Gasteiger partial charge in [0.05, 0.1) is 27.6 Å². The molecule has 6 N–H and O–H groups in total. The second kappa shape index (κ2) is 7.22. The minimum Gasteiger partial charge on any atom is -0.481 e. The number of sulfonamides is 2. The molecule has 2 bridgehead atoms. The lowest BCUT2D eigenvalue weighted by Gasteiger charge is -2.25. The number of aliphatic carboxylic acids is 1. The second-order valence-electron chi connectivity index (χ2n) is 6.79. The maximum absolute atomic E-state index is 12.9. The van der Waals surface area contributed by atoms with Gasteiger partial charge in [-0.05, 0) is 24.3 Å². The molecule has 0 heterocycles. The number of anilines is 1. The fourth-order valence-electron chi connectivity index (χ4n) is 3.85. The average Bonchev–Trinajstić information content (AvgIpc) is 3.17. The summed E-state index contributed by atoms with van der Waals surface area (Å²) in [5, 5.41) is 20.7. The fourth-order valence-corrected chi connectivity index (χ4v) is 6.11. The number of hydrogen-bond donors (Lipinski definition) is 4. The summed E-state index contributed by atoms with van der Waals surface area (Å²) in [7, 11) is -9.04. The first-order valence-electron chi connectivity index (χ1n) is 8.03. The van der Waals surface area contributed by atoms with Crippen LogP contribution in [0.2, 0.25) is 10.0 Å². The zero-order chi connectivity index (χ0) is 21.9. The Morgan fingerprint density at radius 3 is 1.97 bits per heavy atom. The van der Waals surface area contributed by atoms with Gasteiger partial charge in [0.25, 0.3) is 0 Å². The normalized spacial score (nSPS) is 25.9. The van der Waals surface area contributed by atoms with Gasteiger partial charge in [-0.25, -0.2) is 27.1 Å². The molecule has 4 atom stereocenters. The Kier molecular flexibility index (Phi) is 5.47. The first kappa shape index (κ1) is 22.0. The molecule has 0 unspecified atom stereocenters. The third kappa shape index (κ3) is 3.88. The van der Waals surface area contributed by atoms with Gasteiger partial charge < -0.3 is 10.4 Å². The molecule has 1 amide bonds. The lowest BCUT2D eigenvalue weighted by molar-refractivity contribution is -0.146. The van der Waals surface area contributed by atoms with Crippen LogP contribution in [-0.4, -0.2) is 33.8 Å². The van der Waals surface area contributed by atoms with E-state index in [0.29, 0.717) is 12.5 Å². The van der Waals surface area contributed by atoms with Crippen LogP contribution < -0.4 is 15.6 Å². The van der Waals surface area contributed by atoms with Crippen LogP contribution >= 0.6 is 23.2 Å². The fraction of sp³-hybridized carbons (Fsp3) is 0.333. The molecule has 0 aliphatic heterocycles. The van der Waals surface area contributed by atoms with Crippen LogP contribution in [0.5, 0.6) is 0 Å². The summed E-state index contributed by atoms with van der Waals surface area (Å²) in [4.78, 5) is 22.8. The molecule has 158 valence electrons. The maximum atomic E-state index is 12.9. The predicted octanol–water partition coefficient (Wildman–Crippen LogP) is 0.750. The largest absolute Gasteiger partial charge is 0.481 e. The molecule has 0 radical (unpaired) electrons. The highest BCUT2D eigenvalue weighted by molar-refractivity contribution is 7.90. The van der Waals surface area contributed by atoms with E-state index in [0.717, 1.165) is 0 Å². The van der Waals surface area contributed by atoms with Gasteiger partial charge in [-0.1, -0.05) is 35.4 Å². The van der Waals surface area contributed by atoms with E-state index >= 15 is 0 Å². The molecule has 10 nitrogen and oxygen atoms in total. The van der Waals surface area contributed by atoms with Crippen molar-refractivity contribution >= 4 is 60.8 Å². The van der Waals surface area contributed by atoms with Crippen LogP contribution in [0.4, 0.5) is 5.69 Å². The van der Waals surface area contributed by atoms with E-state index < -0.39 is 69.3 Å². The zero-order valence-corrected chi connectivity index (χ0v) is 17.5. The highest BCUT2D eigenvalue weighted by atomic mass is 35.5. The van der Waals surface area contributed by atoms with Gasteiger partial charge in [-0.15, -0.1) is 0 Å². The number of amides is 1. The summed E-state index contributed by atoms with van der Waals surface area (Å²) in [6, 6.07) is 0.587. The van der Waals surface area contributed by atoms with Crippen LogP contribution in [0.3, 0.4) is 0 Å². The first-order valence-corrected chi connectivity index (χ1v) is 11.9. The molecule has 2 aliphatic rings. The topological polar surface area (TPSA) is 187 Å². The van der Waals surface area contributed by atoms with Crippen LogP contribution in [0.1, 0.15) is 6.42 Å². The van der Waals surface area contributed by atoms with E-state index in [9.17, 15) is 31.5 Å². The molecule has 0 saturated heterocycles.